The molecule has 0 heterocycles. The minimum Gasteiger partial charge on any atom is -0.378 e. The molecule has 19 heavy (non-hydrogen) atoms. The zero-order valence-corrected chi connectivity index (χ0v) is 12.1. The Balaban J connectivity index is 2.01. The fraction of sp³-hybridized carbons (Fsp3) is 0.500. The van der Waals surface area contributed by atoms with Gasteiger partial charge in [-0.1, -0.05) is 0 Å². The van der Waals surface area contributed by atoms with Crippen LogP contribution in [0.3, 0.4) is 0 Å². The number of halogens is 2. The summed E-state index contributed by atoms with van der Waals surface area (Å²) < 4.78 is 13.5. The highest BCUT2D eigenvalue weighted by Crippen LogP contribution is 2.30. The van der Waals surface area contributed by atoms with Crippen LogP contribution in [0.25, 0.3) is 0 Å². The van der Waals surface area contributed by atoms with E-state index in [0.29, 0.717) is 18.3 Å². The molecule has 0 spiro atoms. The molecule has 0 saturated heterocycles. The fourth-order valence-corrected chi connectivity index (χ4v) is 2.24. The first kappa shape index (κ1) is 14.2. The summed E-state index contributed by atoms with van der Waals surface area (Å²) in [4.78, 5) is 12.5. The highest BCUT2D eigenvalue weighted by atomic mass is 79.9. The second kappa shape index (κ2) is 5.83. The van der Waals surface area contributed by atoms with Gasteiger partial charge in [0, 0.05) is 19.1 Å². The average molecular weight is 332 g/mol. The number of nitro benzene ring substituents is 1. The lowest BCUT2D eigenvalue weighted by molar-refractivity contribution is -0.384. The third-order valence-electron chi connectivity index (χ3n) is 3.19. The normalized spacial score (nSPS) is 14.7. The first-order valence-electron chi connectivity index (χ1n) is 6.06. The fourth-order valence-electron chi connectivity index (χ4n) is 1.89. The number of nitrogens with zero attached hydrogens (tertiary/aromatic N) is 2. The Labute approximate surface area is 119 Å². The van der Waals surface area contributed by atoms with Gasteiger partial charge < -0.3 is 10.2 Å². The number of likely N-dealkylation sites (N-methyl/N-ethyl adjacent to an activating group) is 1. The van der Waals surface area contributed by atoms with E-state index in [2.05, 4.69) is 26.1 Å². The first-order chi connectivity index (χ1) is 8.99. The summed E-state index contributed by atoms with van der Waals surface area (Å²) in [6.45, 7) is 1.39. The van der Waals surface area contributed by atoms with E-state index in [0.717, 1.165) is 12.6 Å². The van der Waals surface area contributed by atoms with Crippen LogP contribution in [0.4, 0.5) is 15.8 Å². The Bertz CT molecular complexity index is 494. The third-order valence-corrected chi connectivity index (χ3v) is 3.79. The molecule has 0 unspecified atom stereocenters. The highest BCUT2D eigenvalue weighted by Gasteiger charge is 2.25. The summed E-state index contributed by atoms with van der Waals surface area (Å²) in [5.74, 6) is -0.632. The maximum atomic E-state index is 13.3. The van der Waals surface area contributed by atoms with Crippen LogP contribution in [-0.4, -0.2) is 36.0 Å². The molecule has 104 valence electrons. The van der Waals surface area contributed by atoms with E-state index in [9.17, 15) is 14.5 Å². The number of nitro groups is 1. The van der Waals surface area contributed by atoms with Gasteiger partial charge in [-0.25, -0.2) is 4.39 Å². The minimum absolute atomic E-state index is 0.219. The molecule has 1 aromatic rings. The van der Waals surface area contributed by atoms with Crippen molar-refractivity contribution in [2.24, 2.45) is 0 Å². The summed E-state index contributed by atoms with van der Waals surface area (Å²) in [5.41, 5.74) is 0.0947. The van der Waals surface area contributed by atoms with Crippen LogP contribution in [0, 0.1) is 15.9 Å². The monoisotopic (exact) mass is 331 g/mol. The summed E-state index contributed by atoms with van der Waals surface area (Å²) >= 11 is 3.04. The summed E-state index contributed by atoms with van der Waals surface area (Å²) in [6.07, 6.45) is 2.44. The molecule has 1 aromatic carbocycles. The molecule has 1 aliphatic rings. The number of nitrogens with one attached hydrogen (secondary N) is 1. The first-order valence-corrected chi connectivity index (χ1v) is 6.86. The minimum atomic E-state index is -0.632. The van der Waals surface area contributed by atoms with Crippen molar-refractivity contribution >= 4 is 27.3 Å². The van der Waals surface area contributed by atoms with Crippen molar-refractivity contribution in [3.8, 4) is 0 Å². The molecule has 7 heteroatoms. The number of hydrogen-bond acceptors (Lipinski definition) is 4. The van der Waals surface area contributed by atoms with Gasteiger partial charge in [-0.15, -0.1) is 0 Å². The van der Waals surface area contributed by atoms with Crippen LogP contribution in [0.2, 0.25) is 0 Å². The molecule has 0 atom stereocenters. The van der Waals surface area contributed by atoms with Crippen LogP contribution in [0.5, 0.6) is 0 Å². The van der Waals surface area contributed by atoms with Crippen molar-refractivity contribution in [3.63, 3.8) is 0 Å². The van der Waals surface area contributed by atoms with Gasteiger partial charge in [-0.05, 0) is 41.9 Å². The number of rotatable bonds is 6. The Morgan fingerprint density at radius 1 is 1.58 bits per heavy atom. The molecule has 1 saturated carbocycles. The van der Waals surface area contributed by atoms with Gasteiger partial charge in [0.15, 0.2) is 0 Å². The van der Waals surface area contributed by atoms with Crippen LogP contribution in [-0.2, 0) is 0 Å². The molecule has 0 aromatic heterocycles. The van der Waals surface area contributed by atoms with Gasteiger partial charge in [-0.3, -0.25) is 10.1 Å². The van der Waals surface area contributed by atoms with E-state index in [1.165, 1.54) is 18.9 Å². The molecule has 1 N–H and O–H groups in total. The number of benzene rings is 1. The SMILES string of the molecule is CN(CCNc1cc(Br)c(F)cc1[N+](=O)[O-])C1CC1. The van der Waals surface area contributed by atoms with Gasteiger partial charge in [0.25, 0.3) is 5.69 Å². The number of anilines is 1. The maximum absolute atomic E-state index is 13.3. The predicted octanol–water partition coefficient (Wildman–Crippen LogP) is 3.00. The summed E-state index contributed by atoms with van der Waals surface area (Å²) in [7, 11) is 2.04. The van der Waals surface area contributed by atoms with E-state index >= 15 is 0 Å². The molecule has 1 aliphatic carbocycles. The van der Waals surface area contributed by atoms with Gasteiger partial charge in [0.05, 0.1) is 15.5 Å². The standard InChI is InChI=1S/C12H15BrFN3O2/c1-16(8-2-3-8)5-4-15-11-6-9(13)10(14)7-12(11)17(18)19/h6-8,15H,2-5H2,1H3. The molecule has 0 bridgehead atoms. The van der Waals surface area contributed by atoms with Gasteiger partial charge in [0.2, 0.25) is 0 Å². The van der Waals surface area contributed by atoms with Crippen LogP contribution < -0.4 is 5.32 Å². The Morgan fingerprint density at radius 2 is 2.26 bits per heavy atom. The van der Waals surface area contributed by atoms with Crippen molar-refractivity contribution in [2.75, 3.05) is 25.5 Å². The van der Waals surface area contributed by atoms with Crippen LogP contribution in [0.1, 0.15) is 12.8 Å². The average Bonchev–Trinajstić information content (AvgIpc) is 3.16. The van der Waals surface area contributed by atoms with Crippen molar-refractivity contribution in [2.45, 2.75) is 18.9 Å². The summed E-state index contributed by atoms with van der Waals surface area (Å²) in [5, 5.41) is 13.9. The molecule has 0 amide bonds. The van der Waals surface area contributed by atoms with E-state index < -0.39 is 10.7 Å². The van der Waals surface area contributed by atoms with E-state index in [1.807, 2.05) is 7.05 Å². The van der Waals surface area contributed by atoms with Gasteiger partial charge >= 0.3 is 0 Å². The Hall–Kier alpha value is -1.21. The lowest BCUT2D eigenvalue weighted by Gasteiger charge is -2.16. The second-order valence-electron chi connectivity index (χ2n) is 4.68. The molecule has 0 aliphatic heterocycles. The van der Waals surface area contributed by atoms with Crippen molar-refractivity contribution < 1.29 is 9.31 Å². The van der Waals surface area contributed by atoms with E-state index in [4.69, 9.17) is 0 Å². The Kier molecular flexibility index (Phi) is 4.36. The smallest absolute Gasteiger partial charge is 0.295 e. The lowest BCUT2D eigenvalue weighted by Crippen LogP contribution is -2.27. The van der Waals surface area contributed by atoms with Gasteiger partial charge in [0.1, 0.15) is 11.5 Å². The van der Waals surface area contributed by atoms with Crippen LogP contribution >= 0.6 is 15.9 Å². The topological polar surface area (TPSA) is 58.4 Å². The molecule has 5 nitrogen and oxygen atoms in total. The maximum Gasteiger partial charge on any atom is 0.295 e. The summed E-state index contributed by atoms with van der Waals surface area (Å²) in [6, 6.07) is 2.98. The Morgan fingerprint density at radius 3 is 2.84 bits per heavy atom. The molecule has 1 fully saturated rings. The zero-order chi connectivity index (χ0) is 14.0. The quantitative estimate of drug-likeness (QED) is 0.643. The van der Waals surface area contributed by atoms with E-state index in [1.54, 1.807) is 0 Å². The largest absolute Gasteiger partial charge is 0.378 e. The highest BCUT2D eigenvalue weighted by molar-refractivity contribution is 9.10. The van der Waals surface area contributed by atoms with Crippen LogP contribution in [0.15, 0.2) is 16.6 Å². The second-order valence-corrected chi connectivity index (χ2v) is 5.53. The van der Waals surface area contributed by atoms with E-state index in [-0.39, 0.29) is 10.2 Å². The van der Waals surface area contributed by atoms with Crippen molar-refractivity contribution in [3.05, 3.63) is 32.5 Å². The predicted molar refractivity (Wildman–Crippen MR) is 74.9 cm³/mol. The zero-order valence-electron chi connectivity index (χ0n) is 10.5. The van der Waals surface area contributed by atoms with Crippen molar-refractivity contribution in [1.82, 2.24) is 4.90 Å². The lowest BCUT2D eigenvalue weighted by atomic mass is 10.2. The van der Waals surface area contributed by atoms with Crippen molar-refractivity contribution in [1.29, 1.82) is 0 Å². The number of hydrogen-bond donors (Lipinski definition) is 1. The molecular weight excluding hydrogens is 317 g/mol. The molecular formula is C12H15BrFN3O2. The third kappa shape index (κ3) is 3.63. The van der Waals surface area contributed by atoms with Gasteiger partial charge in [-0.2, -0.15) is 0 Å². The molecule has 0 radical (unpaired) electrons. The molecule has 2 rings (SSSR count).